The molecule has 0 saturated carbocycles. The SMILES string of the molecule is CC(=O)N1CCCN(C(=O)[C@@H]2CCCCN2)CC1. The molecule has 1 N–H and O–H groups in total. The van der Waals surface area contributed by atoms with E-state index in [-0.39, 0.29) is 17.9 Å². The molecule has 0 aromatic rings. The Labute approximate surface area is 108 Å². The number of hydrogen-bond donors (Lipinski definition) is 1. The molecule has 5 heteroatoms. The van der Waals surface area contributed by atoms with Gasteiger partial charge in [-0.25, -0.2) is 0 Å². The van der Waals surface area contributed by atoms with E-state index in [1.807, 2.05) is 9.80 Å². The molecule has 0 aromatic heterocycles. The maximum atomic E-state index is 12.3. The van der Waals surface area contributed by atoms with Crippen molar-refractivity contribution in [2.75, 3.05) is 32.7 Å². The number of carbonyl (C=O) groups is 2. The van der Waals surface area contributed by atoms with Crippen molar-refractivity contribution in [3.63, 3.8) is 0 Å². The van der Waals surface area contributed by atoms with Crippen LogP contribution in [0.25, 0.3) is 0 Å². The van der Waals surface area contributed by atoms with Crippen molar-refractivity contribution in [1.82, 2.24) is 15.1 Å². The van der Waals surface area contributed by atoms with Gasteiger partial charge in [-0.15, -0.1) is 0 Å². The Kier molecular flexibility index (Phi) is 4.58. The van der Waals surface area contributed by atoms with Crippen molar-refractivity contribution in [2.45, 2.75) is 38.6 Å². The van der Waals surface area contributed by atoms with Crippen LogP contribution in [0, 0.1) is 0 Å². The second kappa shape index (κ2) is 6.18. The van der Waals surface area contributed by atoms with E-state index in [0.717, 1.165) is 38.9 Å². The van der Waals surface area contributed by atoms with E-state index in [0.29, 0.717) is 13.1 Å². The minimum atomic E-state index is 0.00243. The monoisotopic (exact) mass is 253 g/mol. The average Bonchev–Trinajstić information content (AvgIpc) is 2.64. The van der Waals surface area contributed by atoms with E-state index >= 15 is 0 Å². The molecule has 2 amide bonds. The molecule has 0 unspecified atom stereocenters. The Morgan fingerprint density at radius 2 is 1.72 bits per heavy atom. The number of hydrogen-bond acceptors (Lipinski definition) is 3. The molecular formula is C13H23N3O2. The fourth-order valence-electron chi connectivity index (χ4n) is 2.74. The molecule has 2 fully saturated rings. The Hall–Kier alpha value is -1.10. The molecule has 0 aliphatic carbocycles. The van der Waals surface area contributed by atoms with Crippen molar-refractivity contribution in [1.29, 1.82) is 0 Å². The van der Waals surface area contributed by atoms with E-state index in [9.17, 15) is 9.59 Å². The van der Waals surface area contributed by atoms with E-state index in [1.165, 1.54) is 6.42 Å². The standard InChI is InChI=1S/C13H23N3O2/c1-11(17)15-7-4-8-16(10-9-15)13(18)12-5-2-3-6-14-12/h12,14H,2-10H2,1H3/t12-/m0/s1. The highest BCUT2D eigenvalue weighted by molar-refractivity contribution is 5.82. The highest BCUT2D eigenvalue weighted by Gasteiger charge is 2.27. The predicted molar refractivity (Wildman–Crippen MR) is 69.1 cm³/mol. The van der Waals surface area contributed by atoms with Crippen LogP contribution in [0.1, 0.15) is 32.6 Å². The lowest BCUT2D eigenvalue weighted by Gasteiger charge is -2.29. The third kappa shape index (κ3) is 3.22. The Morgan fingerprint density at radius 1 is 1.00 bits per heavy atom. The lowest BCUT2D eigenvalue weighted by molar-refractivity contribution is -0.134. The van der Waals surface area contributed by atoms with Crippen LogP contribution in [0.4, 0.5) is 0 Å². The minimum absolute atomic E-state index is 0.00243. The van der Waals surface area contributed by atoms with E-state index in [4.69, 9.17) is 0 Å². The van der Waals surface area contributed by atoms with Gasteiger partial charge in [0.25, 0.3) is 0 Å². The van der Waals surface area contributed by atoms with Crippen molar-refractivity contribution in [3.8, 4) is 0 Å². The fourth-order valence-corrected chi connectivity index (χ4v) is 2.74. The smallest absolute Gasteiger partial charge is 0.239 e. The van der Waals surface area contributed by atoms with Crippen molar-refractivity contribution in [3.05, 3.63) is 0 Å². The predicted octanol–water partition coefficient (Wildman–Crippen LogP) is 0.209. The van der Waals surface area contributed by atoms with Gasteiger partial charge in [0, 0.05) is 33.1 Å². The Balaban J connectivity index is 1.88. The summed E-state index contributed by atoms with van der Waals surface area (Å²) in [7, 11) is 0. The molecule has 0 radical (unpaired) electrons. The quantitative estimate of drug-likeness (QED) is 0.727. The second-order valence-electron chi connectivity index (χ2n) is 5.19. The molecule has 1 atom stereocenters. The first-order valence-corrected chi connectivity index (χ1v) is 6.96. The fraction of sp³-hybridized carbons (Fsp3) is 0.846. The van der Waals surface area contributed by atoms with Crippen LogP contribution in [0.15, 0.2) is 0 Å². The van der Waals surface area contributed by atoms with Crippen LogP contribution in [0.2, 0.25) is 0 Å². The molecule has 0 spiro atoms. The molecule has 18 heavy (non-hydrogen) atoms. The van der Waals surface area contributed by atoms with Gasteiger partial charge in [-0.05, 0) is 25.8 Å². The zero-order valence-electron chi connectivity index (χ0n) is 11.2. The topological polar surface area (TPSA) is 52.7 Å². The lowest BCUT2D eigenvalue weighted by atomic mass is 10.0. The summed E-state index contributed by atoms with van der Waals surface area (Å²) in [6, 6.07) is 0.00243. The summed E-state index contributed by atoms with van der Waals surface area (Å²) in [5, 5.41) is 3.30. The zero-order chi connectivity index (χ0) is 13.0. The first-order chi connectivity index (χ1) is 8.68. The largest absolute Gasteiger partial charge is 0.341 e. The van der Waals surface area contributed by atoms with E-state index < -0.39 is 0 Å². The Bertz CT molecular complexity index is 313. The van der Waals surface area contributed by atoms with Gasteiger partial charge in [-0.3, -0.25) is 9.59 Å². The third-order valence-corrected chi connectivity index (χ3v) is 3.86. The van der Waals surface area contributed by atoms with Gasteiger partial charge in [-0.2, -0.15) is 0 Å². The summed E-state index contributed by atoms with van der Waals surface area (Å²) in [6.45, 7) is 5.45. The van der Waals surface area contributed by atoms with Gasteiger partial charge < -0.3 is 15.1 Å². The molecule has 2 heterocycles. The second-order valence-corrected chi connectivity index (χ2v) is 5.19. The summed E-state index contributed by atoms with van der Waals surface area (Å²) in [5.74, 6) is 0.334. The summed E-state index contributed by atoms with van der Waals surface area (Å²) in [5.41, 5.74) is 0. The number of amides is 2. The van der Waals surface area contributed by atoms with Crippen LogP contribution in [-0.2, 0) is 9.59 Å². The van der Waals surface area contributed by atoms with Crippen LogP contribution < -0.4 is 5.32 Å². The lowest BCUT2D eigenvalue weighted by Crippen LogP contribution is -2.49. The highest BCUT2D eigenvalue weighted by Crippen LogP contribution is 2.12. The van der Waals surface area contributed by atoms with Crippen molar-refractivity contribution in [2.24, 2.45) is 0 Å². The zero-order valence-corrected chi connectivity index (χ0v) is 11.2. The Morgan fingerprint density at radius 3 is 2.39 bits per heavy atom. The van der Waals surface area contributed by atoms with Gasteiger partial charge in [0.2, 0.25) is 11.8 Å². The van der Waals surface area contributed by atoms with Crippen molar-refractivity contribution >= 4 is 11.8 Å². The van der Waals surface area contributed by atoms with Gasteiger partial charge in [0.05, 0.1) is 6.04 Å². The summed E-state index contributed by atoms with van der Waals surface area (Å²) < 4.78 is 0. The molecule has 5 nitrogen and oxygen atoms in total. The number of piperidine rings is 1. The third-order valence-electron chi connectivity index (χ3n) is 3.86. The normalized spacial score (nSPS) is 25.7. The highest BCUT2D eigenvalue weighted by atomic mass is 16.2. The number of nitrogens with one attached hydrogen (secondary N) is 1. The summed E-state index contributed by atoms with van der Waals surface area (Å²) in [6.07, 6.45) is 4.14. The van der Waals surface area contributed by atoms with Gasteiger partial charge in [-0.1, -0.05) is 6.42 Å². The van der Waals surface area contributed by atoms with Crippen LogP contribution in [-0.4, -0.2) is 60.4 Å². The maximum Gasteiger partial charge on any atom is 0.239 e. The van der Waals surface area contributed by atoms with Crippen LogP contribution in [0.5, 0.6) is 0 Å². The van der Waals surface area contributed by atoms with Crippen LogP contribution in [0.3, 0.4) is 0 Å². The van der Waals surface area contributed by atoms with Crippen LogP contribution >= 0.6 is 0 Å². The van der Waals surface area contributed by atoms with Gasteiger partial charge in [0.15, 0.2) is 0 Å². The van der Waals surface area contributed by atoms with Gasteiger partial charge in [0.1, 0.15) is 0 Å². The number of carbonyl (C=O) groups excluding carboxylic acids is 2. The first-order valence-electron chi connectivity index (χ1n) is 6.96. The summed E-state index contributed by atoms with van der Waals surface area (Å²) in [4.78, 5) is 27.4. The molecular weight excluding hydrogens is 230 g/mol. The number of nitrogens with zero attached hydrogens (tertiary/aromatic N) is 2. The molecule has 102 valence electrons. The molecule has 2 aliphatic rings. The van der Waals surface area contributed by atoms with Gasteiger partial charge >= 0.3 is 0 Å². The maximum absolute atomic E-state index is 12.3. The molecule has 0 bridgehead atoms. The van der Waals surface area contributed by atoms with E-state index in [1.54, 1.807) is 6.92 Å². The van der Waals surface area contributed by atoms with Crippen molar-refractivity contribution < 1.29 is 9.59 Å². The first kappa shape index (κ1) is 13.3. The average molecular weight is 253 g/mol. The number of rotatable bonds is 1. The molecule has 2 rings (SSSR count). The van der Waals surface area contributed by atoms with E-state index in [2.05, 4.69) is 5.32 Å². The molecule has 0 aromatic carbocycles. The minimum Gasteiger partial charge on any atom is -0.341 e. The summed E-state index contributed by atoms with van der Waals surface area (Å²) >= 11 is 0. The molecule has 2 aliphatic heterocycles. The molecule has 2 saturated heterocycles.